The standard InChI is InChI=1S/C23H40N2O4/c1-17(2)19(21(27)29-22(3,4)5)16-28-18-11-14-25(15-12-18)20(26)10-13-23(6,7)24(8)9/h17-19H,11-12,14-16H2,1-9H3/t19-/m0/s1. The number of ether oxygens (including phenoxy) is 2. The molecule has 0 aromatic rings. The summed E-state index contributed by atoms with van der Waals surface area (Å²) in [5.74, 6) is 5.35. The van der Waals surface area contributed by atoms with E-state index in [2.05, 4.69) is 11.8 Å². The zero-order chi connectivity index (χ0) is 22.4. The first-order valence-electron chi connectivity index (χ1n) is 10.6. The number of carbonyl (C=O) groups excluding carboxylic acids is 2. The van der Waals surface area contributed by atoms with Gasteiger partial charge in [0.05, 0.1) is 24.2 Å². The second-order valence-corrected chi connectivity index (χ2v) is 9.91. The molecule has 1 heterocycles. The number of likely N-dealkylation sites (tertiary alicyclic amines) is 1. The third-order valence-corrected chi connectivity index (χ3v) is 5.35. The molecule has 0 radical (unpaired) electrons. The molecule has 1 saturated heterocycles. The lowest BCUT2D eigenvalue weighted by molar-refractivity contribution is -0.165. The highest BCUT2D eigenvalue weighted by Crippen LogP contribution is 2.21. The van der Waals surface area contributed by atoms with Crippen molar-refractivity contribution in [3.8, 4) is 11.8 Å². The van der Waals surface area contributed by atoms with Gasteiger partial charge >= 0.3 is 5.97 Å². The summed E-state index contributed by atoms with van der Waals surface area (Å²) in [6.07, 6.45) is 1.56. The van der Waals surface area contributed by atoms with Crippen molar-refractivity contribution in [2.45, 2.75) is 78.6 Å². The smallest absolute Gasteiger partial charge is 0.312 e. The van der Waals surface area contributed by atoms with Crippen molar-refractivity contribution in [2.24, 2.45) is 11.8 Å². The number of amides is 1. The lowest BCUT2D eigenvalue weighted by atomic mass is 9.96. The van der Waals surface area contributed by atoms with Gasteiger partial charge in [-0.25, -0.2) is 0 Å². The number of nitrogens with zero attached hydrogens (tertiary/aromatic N) is 2. The molecule has 6 nitrogen and oxygen atoms in total. The Morgan fingerprint density at radius 1 is 1.10 bits per heavy atom. The van der Waals surface area contributed by atoms with E-state index in [1.165, 1.54) is 0 Å². The summed E-state index contributed by atoms with van der Waals surface area (Å²) in [7, 11) is 3.90. The normalized spacial score (nSPS) is 17.1. The van der Waals surface area contributed by atoms with E-state index in [-0.39, 0.29) is 35.4 Å². The van der Waals surface area contributed by atoms with Gasteiger partial charge in [0.2, 0.25) is 0 Å². The second kappa shape index (κ2) is 10.4. The lowest BCUT2D eigenvalue weighted by Gasteiger charge is -2.32. The van der Waals surface area contributed by atoms with Crippen LogP contribution in [0.15, 0.2) is 0 Å². The fourth-order valence-electron chi connectivity index (χ4n) is 2.77. The van der Waals surface area contributed by atoms with Gasteiger partial charge in [-0.1, -0.05) is 19.8 Å². The van der Waals surface area contributed by atoms with E-state index in [0.717, 1.165) is 12.8 Å². The van der Waals surface area contributed by atoms with Crippen LogP contribution in [0.1, 0.15) is 61.3 Å². The average Bonchev–Trinajstić information content (AvgIpc) is 2.58. The van der Waals surface area contributed by atoms with Crippen LogP contribution in [0.2, 0.25) is 0 Å². The molecule has 0 N–H and O–H groups in total. The molecule has 0 spiro atoms. The Labute approximate surface area is 177 Å². The van der Waals surface area contributed by atoms with Crippen LogP contribution in [0.5, 0.6) is 0 Å². The highest BCUT2D eigenvalue weighted by atomic mass is 16.6. The van der Waals surface area contributed by atoms with Crippen molar-refractivity contribution >= 4 is 11.9 Å². The fraction of sp³-hybridized carbons (Fsp3) is 0.826. The Morgan fingerprint density at radius 2 is 1.66 bits per heavy atom. The Balaban J connectivity index is 2.53. The van der Waals surface area contributed by atoms with Gasteiger partial charge in [-0.2, -0.15) is 0 Å². The number of rotatable bonds is 6. The van der Waals surface area contributed by atoms with Crippen LogP contribution in [-0.4, -0.2) is 72.7 Å². The minimum absolute atomic E-state index is 0.0499. The zero-order valence-corrected chi connectivity index (χ0v) is 19.8. The van der Waals surface area contributed by atoms with E-state index in [4.69, 9.17) is 9.47 Å². The quantitative estimate of drug-likeness (QED) is 0.500. The summed E-state index contributed by atoms with van der Waals surface area (Å²) < 4.78 is 11.6. The van der Waals surface area contributed by atoms with Crippen molar-refractivity contribution in [1.29, 1.82) is 0 Å². The molecule has 1 aliphatic heterocycles. The summed E-state index contributed by atoms with van der Waals surface area (Å²) in [4.78, 5) is 28.6. The Morgan fingerprint density at radius 3 is 2.10 bits per heavy atom. The van der Waals surface area contributed by atoms with Crippen molar-refractivity contribution in [1.82, 2.24) is 9.80 Å². The predicted molar refractivity (Wildman–Crippen MR) is 115 cm³/mol. The van der Waals surface area contributed by atoms with Crippen LogP contribution in [0.25, 0.3) is 0 Å². The summed E-state index contributed by atoms with van der Waals surface area (Å²) in [5.41, 5.74) is -0.845. The highest BCUT2D eigenvalue weighted by molar-refractivity contribution is 5.93. The van der Waals surface area contributed by atoms with Crippen LogP contribution in [0, 0.1) is 23.7 Å². The lowest BCUT2D eigenvalue weighted by Crippen LogP contribution is -2.42. The van der Waals surface area contributed by atoms with Crippen molar-refractivity contribution in [3.63, 3.8) is 0 Å². The van der Waals surface area contributed by atoms with E-state index in [0.29, 0.717) is 19.7 Å². The minimum Gasteiger partial charge on any atom is -0.460 e. The van der Waals surface area contributed by atoms with Gasteiger partial charge < -0.3 is 14.4 Å². The summed E-state index contributed by atoms with van der Waals surface area (Å²) in [6, 6.07) is 0. The number of esters is 1. The maximum Gasteiger partial charge on any atom is 0.312 e. The van der Waals surface area contributed by atoms with Crippen LogP contribution in [-0.2, 0) is 19.1 Å². The molecule has 6 heteroatoms. The van der Waals surface area contributed by atoms with E-state index in [1.54, 1.807) is 4.90 Å². The summed E-state index contributed by atoms with van der Waals surface area (Å²) in [5, 5.41) is 0. The monoisotopic (exact) mass is 408 g/mol. The van der Waals surface area contributed by atoms with Gasteiger partial charge in [0, 0.05) is 13.1 Å². The molecule has 1 atom stereocenters. The summed E-state index contributed by atoms with van der Waals surface area (Å²) in [6.45, 7) is 15.2. The second-order valence-electron chi connectivity index (χ2n) is 9.91. The van der Waals surface area contributed by atoms with Crippen LogP contribution < -0.4 is 0 Å². The SMILES string of the molecule is CC(C)[C@H](COC1CCN(C(=O)C#CC(C)(C)N(C)C)CC1)C(=O)OC(C)(C)C. The first-order chi connectivity index (χ1) is 13.2. The summed E-state index contributed by atoms with van der Waals surface area (Å²) >= 11 is 0. The van der Waals surface area contributed by atoms with Crippen molar-refractivity contribution in [3.05, 3.63) is 0 Å². The Hall–Kier alpha value is -1.58. The molecule has 1 aliphatic rings. The van der Waals surface area contributed by atoms with E-state index in [1.807, 2.05) is 67.5 Å². The molecular weight excluding hydrogens is 368 g/mol. The van der Waals surface area contributed by atoms with Crippen LogP contribution in [0.4, 0.5) is 0 Å². The van der Waals surface area contributed by atoms with Gasteiger partial charge in [0.1, 0.15) is 5.60 Å². The van der Waals surface area contributed by atoms with Crippen molar-refractivity contribution in [2.75, 3.05) is 33.8 Å². The Kier molecular flexibility index (Phi) is 9.17. The zero-order valence-electron chi connectivity index (χ0n) is 19.8. The number of hydrogen-bond donors (Lipinski definition) is 0. The molecule has 0 bridgehead atoms. The van der Waals surface area contributed by atoms with Gasteiger partial charge in [-0.05, 0) is 73.4 Å². The van der Waals surface area contributed by atoms with Gasteiger partial charge in [-0.3, -0.25) is 14.5 Å². The average molecular weight is 409 g/mol. The maximum atomic E-state index is 12.4. The Bertz CT molecular complexity index is 615. The number of hydrogen-bond acceptors (Lipinski definition) is 5. The third kappa shape index (κ3) is 8.76. The van der Waals surface area contributed by atoms with Gasteiger partial charge in [-0.15, -0.1) is 0 Å². The predicted octanol–water partition coefficient (Wildman–Crippen LogP) is 2.95. The first-order valence-corrected chi connectivity index (χ1v) is 10.6. The van der Waals surface area contributed by atoms with E-state index in [9.17, 15) is 9.59 Å². The molecule has 0 aliphatic carbocycles. The molecule has 1 rings (SSSR count). The molecular formula is C23H40N2O4. The maximum absolute atomic E-state index is 12.4. The molecule has 0 aromatic carbocycles. The molecule has 0 saturated carbocycles. The largest absolute Gasteiger partial charge is 0.460 e. The fourth-order valence-corrected chi connectivity index (χ4v) is 2.77. The first kappa shape index (κ1) is 25.5. The molecule has 0 aromatic heterocycles. The number of piperidine rings is 1. The molecule has 1 amide bonds. The minimum atomic E-state index is -0.502. The van der Waals surface area contributed by atoms with Gasteiger partial charge in [0.15, 0.2) is 0 Å². The third-order valence-electron chi connectivity index (χ3n) is 5.35. The highest BCUT2D eigenvalue weighted by Gasteiger charge is 2.30. The van der Waals surface area contributed by atoms with E-state index >= 15 is 0 Å². The van der Waals surface area contributed by atoms with Crippen LogP contribution in [0.3, 0.4) is 0 Å². The molecule has 29 heavy (non-hydrogen) atoms. The topological polar surface area (TPSA) is 59.1 Å². The van der Waals surface area contributed by atoms with E-state index < -0.39 is 5.60 Å². The van der Waals surface area contributed by atoms with Crippen molar-refractivity contribution < 1.29 is 19.1 Å². The number of carbonyl (C=O) groups is 2. The van der Waals surface area contributed by atoms with Crippen LogP contribution >= 0.6 is 0 Å². The van der Waals surface area contributed by atoms with Gasteiger partial charge in [0.25, 0.3) is 5.91 Å². The molecule has 166 valence electrons. The molecule has 1 fully saturated rings. The molecule has 0 unspecified atom stereocenters.